The molecule has 1 aromatic rings. The summed E-state index contributed by atoms with van der Waals surface area (Å²) in [5.74, 6) is 0. The largest absolute Gasteiger partial charge is 0.319 e. The van der Waals surface area contributed by atoms with Gasteiger partial charge in [-0.25, -0.2) is 5.01 Å². The highest BCUT2D eigenvalue weighted by molar-refractivity contribution is 6.32. The van der Waals surface area contributed by atoms with Gasteiger partial charge in [0.15, 0.2) is 0 Å². The Labute approximate surface area is 106 Å². The summed E-state index contributed by atoms with van der Waals surface area (Å²) in [6.45, 7) is 4.07. The predicted molar refractivity (Wildman–Crippen MR) is 68.9 cm³/mol. The summed E-state index contributed by atoms with van der Waals surface area (Å²) in [5, 5.41) is 11.4. The standard InChI is InChI=1S/C12H15ClN4/c1-16-4-6-17(7-5-16)15-11-3-2-10(9-14)12(13)8-11/h2-3,8,15H,4-7H2,1H3. The predicted octanol–water partition coefficient (Wildman–Crippen LogP) is 1.79. The zero-order valence-corrected chi connectivity index (χ0v) is 10.5. The van der Waals surface area contributed by atoms with Crippen molar-refractivity contribution in [1.82, 2.24) is 9.91 Å². The first kappa shape index (κ1) is 12.2. The lowest BCUT2D eigenvalue weighted by molar-refractivity contribution is 0.179. The molecular formula is C12H15ClN4. The smallest absolute Gasteiger partial charge is 0.101 e. The SMILES string of the molecule is CN1CCN(Nc2ccc(C#N)c(Cl)c2)CC1. The first-order valence-corrected chi connectivity index (χ1v) is 5.96. The molecule has 0 unspecified atom stereocenters. The summed E-state index contributed by atoms with van der Waals surface area (Å²) in [6, 6.07) is 7.46. The first-order chi connectivity index (χ1) is 8.19. The van der Waals surface area contributed by atoms with E-state index in [0.717, 1.165) is 31.9 Å². The van der Waals surface area contributed by atoms with E-state index in [1.54, 1.807) is 12.1 Å². The fourth-order valence-corrected chi connectivity index (χ4v) is 2.00. The van der Waals surface area contributed by atoms with E-state index in [-0.39, 0.29) is 0 Å². The fourth-order valence-electron chi connectivity index (χ4n) is 1.78. The van der Waals surface area contributed by atoms with Crippen LogP contribution >= 0.6 is 11.6 Å². The van der Waals surface area contributed by atoms with Gasteiger partial charge in [0.05, 0.1) is 16.3 Å². The highest BCUT2D eigenvalue weighted by Crippen LogP contribution is 2.20. The lowest BCUT2D eigenvalue weighted by Crippen LogP contribution is -2.46. The number of hydrogen-bond acceptors (Lipinski definition) is 4. The van der Waals surface area contributed by atoms with Crippen molar-refractivity contribution in [2.45, 2.75) is 0 Å². The number of anilines is 1. The van der Waals surface area contributed by atoms with Crippen LogP contribution in [-0.4, -0.2) is 43.1 Å². The molecule has 1 aromatic carbocycles. The number of likely N-dealkylation sites (N-methyl/N-ethyl adjacent to an activating group) is 1. The Kier molecular flexibility index (Phi) is 3.85. The van der Waals surface area contributed by atoms with Gasteiger partial charge in [-0.05, 0) is 25.2 Å². The molecule has 0 amide bonds. The minimum absolute atomic E-state index is 0.492. The third kappa shape index (κ3) is 3.10. The lowest BCUT2D eigenvalue weighted by atomic mass is 10.2. The van der Waals surface area contributed by atoms with Crippen LogP contribution in [0, 0.1) is 11.3 Å². The minimum atomic E-state index is 0.492. The molecule has 1 aliphatic rings. The second kappa shape index (κ2) is 5.37. The molecule has 1 fully saturated rings. The van der Waals surface area contributed by atoms with Crippen molar-refractivity contribution in [1.29, 1.82) is 5.26 Å². The molecule has 90 valence electrons. The maximum absolute atomic E-state index is 8.79. The van der Waals surface area contributed by atoms with Crippen LogP contribution in [0.3, 0.4) is 0 Å². The van der Waals surface area contributed by atoms with Crippen molar-refractivity contribution < 1.29 is 0 Å². The van der Waals surface area contributed by atoms with Gasteiger partial charge in [0.1, 0.15) is 6.07 Å². The van der Waals surface area contributed by atoms with Crippen LogP contribution in [-0.2, 0) is 0 Å². The van der Waals surface area contributed by atoms with E-state index in [1.807, 2.05) is 6.07 Å². The number of hydrazine groups is 1. The van der Waals surface area contributed by atoms with E-state index in [1.165, 1.54) is 0 Å². The second-order valence-electron chi connectivity index (χ2n) is 4.21. The molecule has 5 heteroatoms. The van der Waals surface area contributed by atoms with Crippen molar-refractivity contribution in [2.24, 2.45) is 0 Å². The van der Waals surface area contributed by atoms with Crippen molar-refractivity contribution in [3.63, 3.8) is 0 Å². The average Bonchev–Trinajstić information content (AvgIpc) is 2.32. The summed E-state index contributed by atoms with van der Waals surface area (Å²) in [5.41, 5.74) is 4.75. The van der Waals surface area contributed by atoms with Gasteiger partial charge >= 0.3 is 0 Å². The molecule has 17 heavy (non-hydrogen) atoms. The third-order valence-electron chi connectivity index (χ3n) is 2.88. The number of hydrogen-bond donors (Lipinski definition) is 1. The normalized spacial score (nSPS) is 17.7. The summed E-state index contributed by atoms with van der Waals surface area (Å²) in [4.78, 5) is 2.30. The minimum Gasteiger partial charge on any atom is -0.319 e. The van der Waals surface area contributed by atoms with Crippen LogP contribution in [0.1, 0.15) is 5.56 Å². The molecule has 0 spiro atoms. The van der Waals surface area contributed by atoms with E-state index in [4.69, 9.17) is 16.9 Å². The average molecular weight is 251 g/mol. The highest BCUT2D eigenvalue weighted by atomic mass is 35.5. The molecule has 0 atom stereocenters. The third-order valence-corrected chi connectivity index (χ3v) is 3.19. The van der Waals surface area contributed by atoms with Gasteiger partial charge in [0.2, 0.25) is 0 Å². The maximum Gasteiger partial charge on any atom is 0.101 e. The molecule has 1 aliphatic heterocycles. The van der Waals surface area contributed by atoms with Crippen molar-refractivity contribution in [3.8, 4) is 6.07 Å². The second-order valence-corrected chi connectivity index (χ2v) is 4.62. The molecule has 0 aromatic heterocycles. The molecule has 0 bridgehead atoms. The van der Waals surface area contributed by atoms with Gasteiger partial charge in [-0.2, -0.15) is 5.26 Å². The molecule has 1 saturated heterocycles. The molecule has 2 rings (SSSR count). The number of nitrogens with one attached hydrogen (secondary N) is 1. The van der Waals surface area contributed by atoms with E-state index < -0.39 is 0 Å². The molecular weight excluding hydrogens is 236 g/mol. The molecule has 0 aliphatic carbocycles. The van der Waals surface area contributed by atoms with Crippen LogP contribution in [0.15, 0.2) is 18.2 Å². The molecule has 0 saturated carbocycles. The van der Waals surface area contributed by atoms with Crippen LogP contribution in [0.2, 0.25) is 5.02 Å². The molecule has 1 N–H and O–H groups in total. The molecule has 0 radical (unpaired) electrons. The Morgan fingerprint density at radius 2 is 2.00 bits per heavy atom. The topological polar surface area (TPSA) is 42.3 Å². The number of piperazine rings is 1. The van der Waals surface area contributed by atoms with Crippen LogP contribution in [0.4, 0.5) is 5.69 Å². The Hall–Kier alpha value is -1.28. The number of rotatable bonds is 2. The Morgan fingerprint density at radius 3 is 2.59 bits per heavy atom. The maximum atomic E-state index is 8.79. The number of nitrogens with zero attached hydrogens (tertiary/aromatic N) is 3. The molecule has 4 nitrogen and oxygen atoms in total. The van der Waals surface area contributed by atoms with Crippen LogP contribution < -0.4 is 5.43 Å². The number of halogens is 1. The lowest BCUT2D eigenvalue weighted by Gasteiger charge is -2.33. The Bertz CT molecular complexity index is 433. The molecule has 1 heterocycles. The zero-order valence-electron chi connectivity index (χ0n) is 9.78. The Morgan fingerprint density at radius 1 is 1.29 bits per heavy atom. The van der Waals surface area contributed by atoms with Gasteiger partial charge < -0.3 is 10.3 Å². The van der Waals surface area contributed by atoms with Crippen molar-refractivity contribution >= 4 is 17.3 Å². The van der Waals surface area contributed by atoms with E-state index >= 15 is 0 Å². The van der Waals surface area contributed by atoms with Gasteiger partial charge in [-0.1, -0.05) is 11.6 Å². The van der Waals surface area contributed by atoms with E-state index in [2.05, 4.69) is 28.5 Å². The Balaban J connectivity index is 2.00. The highest BCUT2D eigenvalue weighted by Gasteiger charge is 2.13. The van der Waals surface area contributed by atoms with Crippen molar-refractivity contribution in [3.05, 3.63) is 28.8 Å². The summed E-state index contributed by atoms with van der Waals surface area (Å²) in [7, 11) is 2.12. The van der Waals surface area contributed by atoms with Gasteiger partial charge in [-0.3, -0.25) is 0 Å². The number of nitriles is 1. The summed E-state index contributed by atoms with van der Waals surface area (Å²) >= 11 is 5.98. The fraction of sp³-hybridized carbons (Fsp3) is 0.417. The van der Waals surface area contributed by atoms with Gasteiger partial charge in [0, 0.05) is 26.2 Å². The first-order valence-electron chi connectivity index (χ1n) is 5.59. The van der Waals surface area contributed by atoms with Crippen LogP contribution in [0.25, 0.3) is 0 Å². The van der Waals surface area contributed by atoms with Crippen molar-refractivity contribution in [2.75, 3.05) is 38.7 Å². The van der Waals surface area contributed by atoms with Crippen LogP contribution in [0.5, 0.6) is 0 Å². The number of benzene rings is 1. The monoisotopic (exact) mass is 250 g/mol. The zero-order chi connectivity index (χ0) is 12.3. The van der Waals surface area contributed by atoms with E-state index in [9.17, 15) is 0 Å². The van der Waals surface area contributed by atoms with Gasteiger partial charge in [0.25, 0.3) is 0 Å². The summed E-state index contributed by atoms with van der Waals surface area (Å²) in [6.07, 6.45) is 0. The quantitative estimate of drug-likeness (QED) is 0.869. The van der Waals surface area contributed by atoms with Gasteiger partial charge in [-0.15, -0.1) is 0 Å². The summed E-state index contributed by atoms with van der Waals surface area (Å²) < 4.78 is 0. The van der Waals surface area contributed by atoms with E-state index in [0.29, 0.717) is 10.6 Å².